The highest BCUT2D eigenvalue weighted by molar-refractivity contribution is 6.31. The minimum absolute atomic E-state index is 0.104. The molecule has 2 rings (SSSR count). The van der Waals surface area contributed by atoms with Crippen LogP contribution in [0.15, 0.2) is 41.5 Å². The second-order valence-corrected chi connectivity index (χ2v) is 4.55. The van der Waals surface area contributed by atoms with Gasteiger partial charge in [-0.2, -0.15) is 0 Å². The molecule has 8 heteroatoms. The van der Waals surface area contributed by atoms with E-state index >= 15 is 0 Å². The summed E-state index contributed by atoms with van der Waals surface area (Å²) in [6.07, 6.45) is 0. The van der Waals surface area contributed by atoms with Crippen molar-refractivity contribution in [1.82, 2.24) is 0 Å². The molecule has 2 aromatic rings. The Balaban J connectivity index is 2.40. The molecule has 0 fully saturated rings. The third kappa shape index (κ3) is 3.62. The van der Waals surface area contributed by atoms with Gasteiger partial charge in [0, 0.05) is 21.7 Å². The summed E-state index contributed by atoms with van der Waals surface area (Å²) in [4.78, 5) is 12.9. The van der Waals surface area contributed by atoms with Crippen molar-refractivity contribution in [1.29, 1.82) is 0 Å². The molecule has 0 radical (unpaired) electrons. The SMILES string of the molecule is Cc1cc(Oc2cc(N=[N+]=[N-])cc([N+](=O)[O-])c2)ccc1Cl. The number of halogens is 1. The molecule has 0 aliphatic carbocycles. The Morgan fingerprint density at radius 2 is 2.05 bits per heavy atom. The largest absolute Gasteiger partial charge is 0.457 e. The predicted molar refractivity (Wildman–Crippen MR) is 78.2 cm³/mol. The molecule has 0 aliphatic rings. The van der Waals surface area contributed by atoms with Crippen LogP contribution >= 0.6 is 11.6 Å². The number of azide groups is 1. The minimum atomic E-state index is -0.587. The third-order valence-electron chi connectivity index (χ3n) is 2.61. The molecule has 21 heavy (non-hydrogen) atoms. The molecule has 0 unspecified atom stereocenters. The number of aryl methyl sites for hydroxylation is 1. The molecule has 0 spiro atoms. The predicted octanol–water partition coefficient (Wildman–Crippen LogP) is 5.29. The van der Waals surface area contributed by atoms with Gasteiger partial charge >= 0.3 is 0 Å². The van der Waals surface area contributed by atoms with E-state index in [0.717, 1.165) is 5.56 Å². The maximum atomic E-state index is 10.9. The van der Waals surface area contributed by atoms with Gasteiger partial charge in [0.1, 0.15) is 11.5 Å². The second kappa shape index (κ2) is 6.13. The van der Waals surface area contributed by atoms with Crippen molar-refractivity contribution < 1.29 is 9.66 Å². The van der Waals surface area contributed by atoms with Crippen LogP contribution < -0.4 is 4.74 Å². The molecule has 0 bridgehead atoms. The first-order valence-corrected chi connectivity index (χ1v) is 6.16. The molecular weight excluding hydrogens is 296 g/mol. The van der Waals surface area contributed by atoms with E-state index in [2.05, 4.69) is 10.0 Å². The van der Waals surface area contributed by atoms with Crippen molar-refractivity contribution >= 4 is 23.0 Å². The maximum Gasteiger partial charge on any atom is 0.273 e. The van der Waals surface area contributed by atoms with Gasteiger partial charge in [-0.1, -0.05) is 16.7 Å². The van der Waals surface area contributed by atoms with Gasteiger partial charge in [-0.15, -0.1) is 0 Å². The minimum Gasteiger partial charge on any atom is -0.457 e. The van der Waals surface area contributed by atoms with Crippen LogP contribution in [0, 0.1) is 17.0 Å². The van der Waals surface area contributed by atoms with Crippen LogP contribution in [-0.2, 0) is 0 Å². The van der Waals surface area contributed by atoms with Crippen LogP contribution in [0.25, 0.3) is 10.4 Å². The van der Waals surface area contributed by atoms with Crippen LogP contribution in [-0.4, -0.2) is 4.92 Å². The first-order chi connectivity index (χ1) is 9.99. The molecule has 0 atom stereocenters. The van der Waals surface area contributed by atoms with E-state index in [1.807, 2.05) is 6.92 Å². The zero-order valence-electron chi connectivity index (χ0n) is 10.9. The lowest BCUT2D eigenvalue weighted by atomic mass is 10.2. The molecule has 0 aliphatic heterocycles. The lowest BCUT2D eigenvalue weighted by molar-refractivity contribution is -0.384. The molecule has 106 valence electrons. The van der Waals surface area contributed by atoms with Crippen molar-refractivity contribution in [3.63, 3.8) is 0 Å². The second-order valence-electron chi connectivity index (χ2n) is 4.14. The van der Waals surface area contributed by atoms with Crippen LogP contribution in [0.5, 0.6) is 11.5 Å². The Bertz CT molecular complexity index is 737. The first kappa shape index (κ1) is 14.6. The summed E-state index contributed by atoms with van der Waals surface area (Å²) >= 11 is 5.92. The number of ether oxygens (including phenoxy) is 1. The Hall–Kier alpha value is -2.76. The highest BCUT2D eigenvalue weighted by atomic mass is 35.5. The molecule has 2 aromatic carbocycles. The van der Waals surface area contributed by atoms with Crippen LogP contribution in [0.2, 0.25) is 5.02 Å². The normalized spacial score (nSPS) is 9.81. The number of rotatable bonds is 4. The van der Waals surface area contributed by atoms with Crippen molar-refractivity contribution in [2.24, 2.45) is 5.11 Å². The van der Waals surface area contributed by atoms with Gasteiger partial charge in [-0.25, -0.2) is 0 Å². The Morgan fingerprint density at radius 3 is 2.67 bits per heavy atom. The van der Waals surface area contributed by atoms with Gasteiger partial charge < -0.3 is 4.74 Å². The van der Waals surface area contributed by atoms with E-state index in [1.165, 1.54) is 18.2 Å². The molecule has 0 saturated carbocycles. The van der Waals surface area contributed by atoms with E-state index < -0.39 is 4.92 Å². The fourth-order valence-electron chi connectivity index (χ4n) is 1.66. The smallest absolute Gasteiger partial charge is 0.273 e. The summed E-state index contributed by atoms with van der Waals surface area (Å²) in [6, 6.07) is 8.84. The number of nitro benzene ring substituents is 1. The van der Waals surface area contributed by atoms with Gasteiger partial charge in [0.2, 0.25) is 0 Å². The number of non-ortho nitro benzene ring substituents is 1. The summed E-state index contributed by atoms with van der Waals surface area (Å²) < 4.78 is 5.55. The van der Waals surface area contributed by atoms with E-state index in [4.69, 9.17) is 21.9 Å². The van der Waals surface area contributed by atoms with Gasteiger partial charge in [0.15, 0.2) is 0 Å². The standard InChI is InChI=1S/C13H9ClN4O3/c1-8-4-11(2-3-13(8)14)21-12-6-9(16-17-15)5-10(7-12)18(19)20/h2-7H,1H3. The molecule has 0 aromatic heterocycles. The van der Waals surface area contributed by atoms with E-state index in [0.29, 0.717) is 10.8 Å². The molecule has 0 N–H and O–H groups in total. The van der Waals surface area contributed by atoms with Crippen molar-refractivity contribution in [2.75, 3.05) is 0 Å². The van der Waals surface area contributed by atoms with Crippen molar-refractivity contribution in [3.8, 4) is 11.5 Å². The lowest BCUT2D eigenvalue weighted by Crippen LogP contribution is -1.90. The summed E-state index contributed by atoms with van der Waals surface area (Å²) in [7, 11) is 0. The summed E-state index contributed by atoms with van der Waals surface area (Å²) in [6.45, 7) is 1.81. The average Bonchev–Trinajstić information content (AvgIpc) is 2.43. The molecule has 7 nitrogen and oxygen atoms in total. The van der Waals surface area contributed by atoms with E-state index in [1.54, 1.807) is 18.2 Å². The summed E-state index contributed by atoms with van der Waals surface area (Å²) in [5.41, 5.74) is 9.13. The zero-order valence-corrected chi connectivity index (χ0v) is 11.6. The number of nitro groups is 1. The van der Waals surface area contributed by atoms with Crippen molar-refractivity contribution in [3.05, 3.63) is 67.5 Å². The maximum absolute atomic E-state index is 10.9. The van der Waals surface area contributed by atoms with Gasteiger partial charge in [-0.05, 0) is 42.3 Å². The fourth-order valence-corrected chi connectivity index (χ4v) is 1.78. The van der Waals surface area contributed by atoms with Crippen LogP contribution in [0.3, 0.4) is 0 Å². The quantitative estimate of drug-likeness (QED) is 0.252. The molecule has 0 saturated heterocycles. The number of benzene rings is 2. The van der Waals surface area contributed by atoms with Gasteiger partial charge in [-0.3, -0.25) is 10.1 Å². The van der Waals surface area contributed by atoms with Crippen LogP contribution in [0.1, 0.15) is 5.56 Å². The Morgan fingerprint density at radius 1 is 1.29 bits per heavy atom. The highest BCUT2D eigenvalue weighted by Crippen LogP contribution is 2.32. The number of nitrogens with zero attached hydrogens (tertiary/aromatic N) is 4. The number of hydrogen-bond donors (Lipinski definition) is 0. The monoisotopic (exact) mass is 304 g/mol. The summed E-state index contributed by atoms with van der Waals surface area (Å²) in [5.74, 6) is 0.678. The van der Waals surface area contributed by atoms with Crippen molar-refractivity contribution in [2.45, 2.75) is 6.92 Å². The third-order valence-corrected chi connectivity index (χ3v) is 3.04. The Kier molecular flexibility index (Phi) is 4.27. The lowest BCUT2D eigenvalue weighted by Gasteiger charge is -2.08. The topological polar surface area (TPSA) is 101 Å². The Labute approximate surface area is 124 Å². The zero-order chi connectivity index (χ0) is 15.4. The number of hydrogen-bond acceptors (Lipinski definition) is 4. The molecule has 0 heterocycles. The summed E-state index contributed by atoms with van der Waals surface area (Å²) in [5, 5.41) is 14.8. The average molecular weight is 305 g/mol. The highest BCUT2D eigenvalue weighted by Gasteiger charge is 2.11. The first-order valence-electron chi connectivity index (χ1n) is 5.78. The van der Waals surface area contributed by atoms with Gasteiger partial charge in [0.25, 0.3) is 5.69 Å². The van der Waals surface area contributed by atoms with Gasteiger partial charge in [0.05, 0.1) is 11.0 Å². The molecule has 0 amide bonds. The molecular formula is C13H9ClN4O3. The van der Waals surface area contributed by atoms with E-state index in [-0.39, 0.29) is 17.1 Å². The van der Waals surface area contributed by atoms with Crippen LogP contribution in [0.4, 0.5) is 11.4 Å². The van der Waals surface area contributed by atoms with E-state index in [9.17, 15) is 10.1 Å². The fraction of sp³-hybridized carbons (Fsp3) is 0.0769.